The molecule has 2 rings (SSSR count). The zero-order valence-corrected chi connectivity index (χ0v) is 12.1. The highest BCUT2D eigenvalue weighted by atomic mass is 16.6. The van der Waals surface area contributed by atoms with Crippen molar-refractivity contribution < 1.29 is 19.2 Å². The monoisotopic (exact) mass is 305 g/mol. The van der Waals surface area contributed by atoms with Crippen molar-refractivity contribution in [3.8, 4) is 0 Å². The average Bonchev–Trinajstić information content (AvgIpc) is 2.49. The number of amides is 1. The Bertz CT molecular complexity index is 651. The third-order valence-corrected chi connectivity index (χ3v) is 3.16. The number of nitrogens with zero attached hydrogens (tertiary/aromatic N) is 1. The van der Waals surface area contributed by atoms with E-state index in [-0.39, 0.29) is 18.0 Å². The molecule has 0 fully saturated rings. The Kier molecular flexibility index (Phi) is 4.40. The van der Waals surface area contributed by atoms with Crippen LogP contribution in [0.1, 0.15) is 25.5 Å². The summed E-state index contributed by atoms with van der Waals surface area (Å²) in [6.07, 6.45) is 0. The molecule has 2 N–H and O–H groups in total. The van der Waals surface area contributed by atoms with Gasteiger partial charge in [0, 0.05) is 17.8 Å². The van der Waals surface area contributed by atoms with Crippen molar-refractivity contribution >= 4 is 17.6 Å². The molecular weight excluding hydrogens is 290 g/mol. The average molecular weight is 305 g/mol. The highest BCUT2D eigenvalue weighted by Crippen LogP contribution is 2.22. The van der Waals surface area contributed by atoms with Gasteiger partial charge < -0.3 is 15.4 Å². The maximum absolute atomic E-state index is 12.1. The molecule has 22 heavy (non-hydrogen) atoms. The minimum atomic E-state index is -0.723. The van der Waals surface area contributed by atoms with E-state index in [4.69, 9.17) is 4.74 Å². The van der Waals surface area contributed by atoms with Crippen molar-refractivity contribution in [1.29, 1.82) is 0 Å². The van der Waals surface area contributed by atoms with Crippen molar-refractivity contribution in [3.05, 3.63) is 51.3 Å². The van der Waals surface area contributed by atoms with E-state index in [0.717, 1.165) is 0 Å². The number of benzene rings is 1. The summed E-state index contributed by atoms with van der Waals surface area (Å²) in [5.41, 5.74) is 1.05. The number of non-ortho nitro benzene ring substituents is 1. The van der Waals surface area contributed by atoms with Crippen LogP contribution in [0.5, 0.6) is 0 Å². The summed E-state index contributed by atoms with van der Waals surface area (Å²) in [4.78, 5) is 34.0. The smallest absolute Gasteiger partial charge is 0.356 e. The third-order valence-electron chi connectivity index (χ3n) is 3.16. The maximum Gasteiger partial charge on any atom is 0.356 e. The van der Waals surface area contributed by atoms with Gasteiger partial charge in [-0.15, -0.1) is 0 Å². The summed E-state index contributed by atoms with van der Waals surface area (Å²) in [5, 5.41) is 16.1. The molecule has 8 heteroatoms. The Morgan fingerprint density at radius 1 is 1.36 bits per heavy atom. The van der Waals surface area contributed by atoms with Gasteiger partial charge >= 0.3 is 5.97 Å². The van der Waals surface area contributed by atoms with Gasteiger partial charge in [0.2, 0.25) is 0 Å². The van der Waals surface area contributed by atoms with Crippen LogP contribution in [0.3, 0.4) is 0 Å². The summed E-state index contributed by atoms with van der Waals surface area (Å²) in [6, 6.07) is 4.92. The predicted octanol–water partition coefficient (Wildman–Crippen LogP) is 1.15. The van der Waals surface area contributed by atoms with Gasteiger partial charge in [0.05, 0.1) is 11.5 Å². The Morgan fingerprint density at radius 2 is 2.00 bits per heavy atom. The molecule has 1 aromatic carbocycles. The molecule has 116 valence electrons. The van der Waals surface area contributed by atoms with Crippen molar-refractivity contribution in [2.75, 3.05) is 6.61 Å². The largest absolute Gasteiger partial charge is 0.461 e. The highest BCUT2D eigenvalue weighted by molar-refractivity contribution is 5.98. The van der Waals surface area contributed by atoms with E-state index in [1.54, 1.807) is 13.8 Å². The molecule has 1 amide bonds. The minimum Gasteiger partial charge on any atom is -0.461 e. The lowest BCUT2D eigenvalue weighted by atomic mass is 10.0. The maximum atomic E-state index is 12.1. The molecule has 1 heterocycles. The zero-order chi connectivity index (χ0) is 16.3. The van der Waals surface area contributed by atoms with E-state index in [0.29, 0.717) is 11.3 Å². The fourth-order valence-electron chi connectivity index (χ4n) is 2.07. The predicted molar refractivity (Wildman–Crippen MR) is 76.4 cm³/mol. The van der Waals surface area contributed by atoms with Gasteiger partial charge in [-0.05, 0) is 31.5 Å². The second-order valence-electron chi connectivity index (χ2n) is 4.64. The summed E-state index contributed by atoms with van der Waals surface area (Å²) in [7, 11) is 0. The van der Waals surface area contributed by atoms with E-state index in [1.165, 1.54) is 24.3 Å². The van der Waals surface area contributed by atoms with Gasteiger partial charge in [-0.2, -0.15) is 0 Å². The first-order valence-electron chi connectivity index (χ1n) is 6.63. The molecule has 0 saturated carbocycles. The number of allylic oxidation sites excluding steroid dienone is 1. The number of nitro groups is 1. The Balaban J connectivity index is 2.23. The molecular formula is C14H15N3O5. The van der Waals surface area contributed by atoms with Crippen molar-refractivity contribution in [2.24, 2.45) is 0 Å². The molecule has 0 spiro atoms. The minimum absolute atomic E-state index is 0.0561. The molecule has 1 atom stereocenters. The standard InChI is InChI=1S/C14H15N3O5/c1-3-22-14(19)11-8(2)15-12(13(18)16-11)9-4-6-10(7-5-9)17(20)21/h4-7,12,15H,3H2,1-2H3,(H,16,18). The van der Waals surface area contributed by atoms with Crippen LogP contribution in [0.2, 0.25) is 0 Å². The van der Waals surface area contributed by atoms with E-state index in [9.17, 15) is 19.7 Å². The summed E-state index contributed by atoms with van der Waals surface area (Å²) >= 11 is 0. The number of carbonyl (C=O) groups excluding carboxylic acids is 2. The van der Waals surface area contributed by atoms with Crippen LogP contribution in [0, 0.1) is 10.1 Å². The second-order valence-corrected chi connectivity index (χ2v) is 4.64. The fourth-order valence-corrected chi connectivity index (χ4v) is 2.07. The molecule has 1 aliphatic heterocycles. The second kappa shape index (κ2) is 6.25. The van der Waals surface area contributed by atoms with Gasteiger partial charge in [-0.1, -0.05) is 0 Å². The number of nitro benzene ring substituents is 1. The van der Waals surface area contributed by atoms with E-state index < -0.39 is 22.8 Å². The van der Waals surface area contributed by atoms with Crippen LogP contribution in [0.15, 0.2) is 35.7 Å². The number of ether oxygens (including phenoxy) is 1. The van der Waals surface area contributed by atoms with Crippen molar-refractivity contribution in [2.45, 2.75) is 19.9 Å². The van der Waals surface area contributed by atoms with Gasteiger partial charge in [0.25, 0.3) is 11.6 Å². The number of hydrogen-bond donors (Lipinski definition) is 2. The van der Waals surface area contributed by atoms with E-state index in [2.05, 4.69) is 10.6 Å². The molecule has 8 nitrogen and oxygen atoms in total. The first kappa shape index (κ1) is 15.5. The van der Waals surface area contributed by atoms with Crippen LogP contribution in [0.25, 0.3) is 0 Å². The van der Waals surface area contributed by atoms with Crippen LogP contribution in [0.4, 0.5) is 5.69 Å². The van der Waals surface area contributed by atoms with Gasteiger partial charge in [-0.25, -0.2) is 4.79 Å². The molecule has 0 aromatic heterocycles. The summed E-state index contributed by atoms with van der Waals surface area (Å²) in [5.74, 6) is -1.04. The molecule has 1 aromatic rings. The molecule has 0 saturated heterocycles. The van der Waals surface area contributed by atoms with E-state index >= 15 is 0 Å². The molecule has 1 aliphatic rings. The number of nitrogens with one attached hydrogen (secondary N) is 2. The zero-order valence-electron chi connectivity index (χ0n) is 12.1. The number of carbonyl (C=O) groups is 2. The first-order chi connectivity index (χ1) is 10.4. The van der Waals surface area contributed by atoms with Crippen LogP contribution >= 0.6 is 0 Å². The van der Waals surface area contributed by atoms with Crippen LogP contribution in [-0.4, -0.2) is 23.4 Å². The lowest BCUT2D eigenvalue weighted by molar-refractivity contribution is -0.384. The van der Waals surface area contributed by atoms with E-state index in [1.807, 2.05) is 0 Å². The quantitative estimate of drug-likeness (QED) is 0.490. The highest BCUT2D eigenvalue weighted by Gasteiger charge is 2.30. The SMILES string of the molecule is CCOC(=O)C1=C(C)NC(c2ccc([N+](=O)[O-])cc2)C(=O)N1. The number of rotatable bonds is 4. The van der Waals surface area contributed by atoms with Gasteiger partial charge in [-0.3, -0.25) is 14.9 Å². The molecule has 0 bridgehead atoms. The van der Waals surface area contributed by atoms with Crippen molar-refractivity contribution in [3.63, 3.8) is 0 Å². The van der Waals surface area contributed by atoms with Crippen molar-refractivity contribution in [1.82, 2.24) is 10.6 Å². The summed E-state index contributed by atoms with van der Waals surface area (Å²) < 4.78 is 4.86. The lowest BCUT2D eigenvalue weighted by Gasteiger charge is -2.27. The van der Waals surface area contributed by atoms with Crippen LogP contribution in [-0.2, 0) is 14.3 Å². The Hall–Kier alpha value is -2.90. The molecule has 0 aliphatic carbocycles. The van der Waals surface area contributed by atoms with Gasteiger partial charge in [0.15, 0.2) is 0 Å². The number of hydrogen-bond acceptors (Lipinski definition) is 6. The van der Waals surface area contributed by atoms with Gasteiger partial charge in [0.1, 0.15) is 11.7 Å². The molecule has 1 unspecified atom stereocenters. The normalized spacial score (nSPS) is 17.5. The topological polar surface area (TPSA) is 111 Å². The fraction of sp³-hybridized carbons (Fsp3) is 0.286. The Labute approximate surface area is 126 Å². The molecule has 0 radical (unpaired) electrons. The first-order valence-corrected chi connectivity index (χ1v) is 6.63. The summed E-state index contributed by atoms with van der Waals surface area (Å²) in [6.45, 7) is 3.52. The third kappa shape index (κ3) is 3.05. The lowest BCUT2D eigenvalue weighted by Crippen LogP contribution is -2.45. The van der Waals surface area contributed by atoms with Crippen LogP contribution < -0.4 is 10.6 Å². The number of esters is 1. The Morgan fingerprint density at radius 3 is 2.55 bits per heavy atom.